The molecule has 16 heavy (non-hydrogen) atoms. The van der Waals surface area contributed by atoms with Crippen molar-refractivity contribution in [2.75, 3.05) is 13.2 Å². The number of aliphatic hydroxyl groups excluding tert-OH is 1. The maximum absolute atomic E-state index is 9.06. The molecule has 2 atom stereocenters. The van der Waals surface area contributed by atoms with E-state index in [-0.39, 0.29) is 12.1 Å². The fourth-order valence-corrected chi connectivity index (χ4v) is 1.97. The highest BCUT2D eigenvalue weighted by atomic mass is 16.3. The predicted molar refractivity (Wildman–Crippen MR) is 71.7 cm³/mol. The van der Waals surface area contributed by atoms with E-state index in [9.17, 15) is 0 Å². The standard InChI is InChI=1S/C14H31NO/c1-5-8-9-13(6-2)12-15-14(4,7-3)10-11-16/h13,15-16H,5-12H2,1-4H3. The summed E-state index contributed by atoms with van der Waals surface area (Å²) in [5.74, 6) is 0.796. The molecule has 0 aliphatic rings. The molecule has 0 amide bonds. The van der Waals surface area contributed by atoms with Crippen LogP contribution in [0.2, 0.25) is 0 Å². The molecule has 98 valence electrons. The van der Waals surface area contributed by atoms with Crippen molar-refractivity contribution in [2.45, 2.75) is 71.8 Å². The van der Waals surface area contributed by atoms with Gasteiger partial charge in [0.05, 0.1) is 0 Å². The Balaban J connectivity index is 3.96. The van der Waals surface area contributed by atoms with E-state index in [4.69, 9.17) is 5.11 Å². The summed E-state index contributed by atoms with van der Waals surface area (Å²) in [6.07, 6.45) is 7.15. The Labute approximate surface area is 102 Å². The lowest BCUT2D eigenvalue weighted by Gasteiger charge is -2.31. The molecule has 2 heteroatoms. The lowest BCUT2D eigenvalue weighted by molar-refractivity contribution is 0.207. The molecule has 2 unspecified atom stereocenters. The van der Waals surface area contributed by atoms with Crippen LogP contribution < -0.4 is 5.32 Å². The normalized spacial score (nSPS) is 17.1. The molecule has 0 aliphatic carbocycles. The molecule has 0 saturated carbocycles. The van der Waals surface area contributed by atoms with Gasteiger partial charge in [0.15, 0.2) is 0 Å². The number of hydrogen-bond acceptors (Lipinski definition) is 2. The Bertz CT molecular complexity index is 161. The summed E-state index contributed by atoms with van der Waals surface area (Å²) in [4.78, 5) is 0. The summed E-state index contributed by atoms with van der Waals surface area (Å²) in [5, 5.41) is 12.7. The van der Waals surface area contributed by atoms with Gasteiger partial charge in [0, 0.05) is 12.1 Å². The second kappa shape index (κ2) is 9.00. The lowest BCUT2D eigenvalue weighted by atomic mass is 9.92. The third kappa shape index (κ3) is 6.49. The van der Waals surface area contributed by atoms with Crippen molar-refractivity contribution >= 4 is 0 Å². The molecular formula is C14H31NO. The summed E-state index contributed by atoms with van der Waals surface area (Å²) < 4.78 is 0. The van der Waals surface area contributed by atoms with Crippen LogP contribution in [0.4, 0.5) is 0 Å². The summed E-state index contributed by atoms with van der Waals surface area (Å²) in [5.41, 5.74) is 0.119. The maximum atomic E-state index is 9.06. The molecule has 2 N–H and O–H groups in total. The summed E-state index contributed by atoms with van der Waals surface area (Å²) >= 11 is 0. The third-order valence-corrected chi connectivity index (χ3v) is 3.80. The molecule has 2 nitrogen and oxygen atoms in total. The smallest absolute Gasteiger partial charge is 0.0448 e. The Hall–Kier alpha value is -0.0800. The van der Waals surface area contributed by atoms with Crippen LogP contribution in [0.15, 0.2) is 0 Å². The molecule has 0 saturated heterocycles. The van der Waals surface area contributed by atoms with E-state index < -0.39 is 0 Å². The van der Waals surface area contributed by atoms with Gasteiger partial charge in [0.25, 0.3) is 0 Å². The van der Waals surface area contributed by atoms with Gasteiger partial charge in [-0.15, -0.1) is 0 Å². The largest absolute Gasteiger partial charge is 0.396 e. The Morgan fingerprint density at radius 2 is 1.94 bits per heavy atom. The number of unbranched alkanes of at least 4 members (excludes halogenated alkanes) is 1. The minimum atomic E-state index is 0.119. The van der Waals surface area contributed by atoms with Crippen molar-refractivity contribution in [3.63, 3.8) is 0 Å². The van der Waals surface area contributed by atoms with E-state index in [0.717, 1.165) is 25.3 Å². The molecule has 0 bridgehead atoms. The fourth-order valence-electron chi connectivity index (χ4n) is 1.97. The van der Waals surface area contributed by atoms with Gasteiger partial charge in [-0.2, -0.15) is 0 Å². The van der Waals surface area contributed by atoms with Crippen molar-refractivity contribution in [1.82, 2.24) is 5.32 Å². The molecule has 0 heterocycles. The summed E-state index contributed by atoms with van der Waals surface area (Å²) in [7, 11) is 0. The molecule has 0 aromatic heterocycles. The number of hydrogen-bond donors (Lipinski definition) is 2. The van der Waals surface area contributed by atoms with Gasteiger partial charge in [-0.1, -0.05) is 40.0 Å². The zero-order valence-corrected chi connectivity index (χ0v) is 11.7. The first kappa shape index (κ1) is 15.9. The fraction of sp³-hybridized carbons (Fsp3) is 1.00. The van der Waals surface area contributed by atoms with Gasteiger partial charge in [-0.05, 0) is 38.6 Å². The number of aliphatic hydroxyl groups is 1. The Morgan fingerprint density at radius 3 is 2.38 bits per heavy atom. The lowest BCUT2D eigenvalue weighted by Crippen LogP contribution is -2.44. The minimum Gasteiger partial charge on any atom is -0.396 e. The van der Waals surface area contributed by atoms with E-state index in [1.807, 2.05) is 0 Å². The Kier molecular flexibility index (Phi) is 8.96. The quantitative estimate of drug-likeness (QED) is 0.602. The molecular weight excluding hydrogens is 198 g/mol. The summed E-state index contributed by atoms with van der Waals surface area (Å²) in [6, 6.07) is 0. The van der Waals surface area contributed by atoms with E-state index >= 15 is 0 Å². The SMILES string of the molecule is CCCCC(CC)CNC(C)(CC)CCO. The van der Waals surface area contributed by atoms with Crippen molar-refractivity contribution in [1.29, 1.82) is 0 Å². The van der Waals surface area contributed by atoms with Gasteiger partial charge in [0.2, 0.25) is 0 Å². The Morgan fingerprint density at radius 1 is 1.25 bits per heavy atom. The first-order valence-corrected chi connectivity index (χ1v) is 6.97. The number of nitrogens with one attached hydrogen (secondary N) is 1. The third-order valence-electron chi connectivity index (χ3n) is 3.80. The molecule has 0 radical (unpaired) electrons. The van der Waals surface area contributed by atoms with E-state index in [2.05, 4.69) is 33.0 Å². The van der Waals surface area contributed by atoms with Crippen LogP contribution in [0.5, 0.6) is 0 Å². The maximum Gasteiger partial charge on any atom is 0.0448 e. The van der Waals surface area contributed by atoms with Crippen LogP contribution in [0.3, 0.4) is 0 Å². The molecule has 0 aromatic rings. The van der Waals surface area contributed by atoms with Gasteiger partial charge in [0.1, 0.15) is 0 Å². The monoisotopic (exact) mass is 229 g/mol. The molecule has 0 fully saturated rings. The van der Waals surface area contributed by atoms with Crippen LogP contribution in [0.25, 0.3) is 0 Å². The van der Waals surface area contributed by atoms with Gasteiger partial charge in [-0.3, -0.25) is 0 Å². The average Bonchev–Trinajstić information content (AvgIpc) is 2.30. The predicted octanol–water partition coefficient (Wildman–Crippen LogP) is 3.34. The highest BCUT2D eigenvalue weighted by Gasteiger charge is 2.21. The second-order valence-corrected chi connectivity index (χ2v) is 5.19. The van der Waals surface area contributed by atoms with E-state index in [0.29, 0.717) is 0 Å². The van der Waals surface area contributed by atoms with Crippen LogP contribution in [-0.2, 0) is 0 Å². The number of rotatable bonds is 10. The molecule has 0 aromatic carbocycles. The van der Waals surface area contributed by atoms with Crippen LogP contribution in [-0.4, -0.2) is 23.8 Å². The van der Waals surface area contributed by atoms with Crippen LogP contribution >= 0.6 is 0 Å². The first-order chi connectivity index (χ1) is 7.61. The van der Waals surface area contributed by atoms with Crippen molar-refractivity contribution in [3.8, 4) is 0 Å². The summed E-state index contributed by atoms with van der Waals surface area (Å²) in [6.45, 7) is 10.3. The van der Waals surface area contributed by atoms with Crippen LogP contribution in [0, 0.1) is 5.92 Å². The van der Waals surface area contributed by atoms with Gasteiger partial charge >= 0.3 is 0 Å². The second-order valence-electron chi connectivity index (χ2n) is 5.19. The minimum absolute atomic E-state index is 0.119. The van der Waals surface area contributed by atoms with E-state index in [1.165, 1.54) is 25.7 Å². The average molecular weight is 229 g/mol. The highest BCUT2D eigenvalue weighted by molar-refractivity contribution is 4.82. The van der Waals surface area contributed by atoms with Gasteiger partial charge in [-0.25, -0.2) is 0 Å². The molecule has 0 rings (SSSR count). The first-order valence-electron chi connectivity index (χ1n) is 6.97. The topological polar surface area (TPSA) is 32.3 Å². The van der Waals surface area contributed by atoms with Crippen molar-refractivity contribution in [2.24, 2.45) is 5.92 Å². The van der Waals surface area contributed by atoms with Crippen molar-refractivity contribution in [3.05, 3.63) is 0 Å². The molecule has 0 spiro atoms. The molecule has 0 aliphatic heterocycles. The van der Waals surface area contributed by atoms with Gasteiger partial charge < -0.3 is 10.4 Å². The van der Waals surface area contributed by atoms with Crippen molar-refractivity contribution < 1.29 is 5.11 Å². The zero-order chi connectivity index (χ0) is 12.4. The zero-order valence-electron chi connectivity index (χ0n) is 11.7. The van der Waals surface area contributed by atoms with E-state index in [1.54, 1.807) is 0 Å². The highest BCUT2D eigenvalue weighted by Crippen LogP contribution is 2.17. The van der Waals surface area contributed by atoms with Crippen LogP contribution in [0.1, 0.15) is 66.2 Å².